The zero-order valence-corrected chi connectivity index (χ0v) is 16.1. The summed E-state index contributed by atoms with van der Waals surface area (Å²) in [7, 11) is 0. The van der Waals surface area contributed by atoms with Gasteiger partial charge in [0.15, 0.2) is 0 Å². The Morgan fingerprint density at radius 2 is 2.15 bits per heavy atom. The second kappa shape index (κ2) is 9.46. The molecule has 6 nitrogen and oxygen atoms in total. The van der Waals surface area contributed by atoms with Crippen LogP contribution in [0.3, 0.4) is 0 Å². The van der Waals surface area contributed by atoms with Gasteiger partial charge in [-0.2, -0.15) is 0 Å². The number of amides is 1. The van der Waals surface area contributed by atoms with E-state index in [0.29, 0.717) is 12.2 Å². The number of carbonyl (C=O) groups is 1. The summed E-state index contributed by atoms with van der Waals surface area (Å²) in [5, 5.41) is 2.94. The number of aromatic nitrogens is 2. The summed E-state index contributed by atoms with van der Waals surface area (Å²) >= 11 is 0. The SMILES string of the molecule is CCCC[C@@H]1CN(CCNC(=O)c2cnc(C)cn2)Cc2ccccc2O1. The van der Waals surface area contributed by atoms with Gasteiger partial charge in [0.2, 0.25) is 0 Å². The van der Waals surface area contributed by atoms with E-state index < -0.39 is 0 Å². The van der Waals surface area contributed by atoms with Crippen molar-refractivity contribution in [3.8, 4) is 5.75 Å². The van der Waals surface area contributed by atoms with Crippen LogP contribution in [0.15, 0.2) is 36.7 Å². The average Bonchev–Trinajstić information content (AvgIpc) is 2.85. The first kappa shape index (κ1) is 19.3. The van der Waals surface area contributed by atoms with Crippen LogP contribution in [0.5, 0.6) is 5.75 Å². The number of para-hydroxylation sites is 1. The third-order valence-electron chi connectivity index (χ3n) is 4.73. The lowest BCUT2D eigenvalue weighted by Gasteiger charge is -2.24. The monoisotopic (exact) mass is 368 g/mol. The Morgan fingerprint density at radius 1 is 1.30 bits per heavy atom. The van der Waals surface area contributed by atoms with Crippen molar-refractivity contribution in [3.63, 3.8) is 0 Å². The number of hydrogen-bond acceptors (Lipinski definition) is 5. The van der Waals surface area contributed by atoms with Crippen molar-refractivity contribution in [1.82, 2.24) is 20.2 Å². The predicted molar refractivity (Wildman–Crippen MR) is 105 cm³/mol. The zero-order chi connectivity index (χ0) is 19.1. The van der Waals surface area contributed by atoms with Crippen LogP contribution in [0.1, 0.15) is 47.9 Å². The van der Waals surface area contributed by atoms with Crippen LogP contribution >= 0.6 is 0 Å². The molecular formula is C21H28N4O2. The zero-order valence-electron chi connectivity index (χ0n) is 16.1. The first-order valence-electron chi connectivity index (χ1n) is 9.69. The maximum atomic E-state index is 12.2. The lowest BCUT2D eigenvalue weighted by atomic mass is 10.1. The van der Waals surface area contributed by atoms with Crippen LogP contribution in [0, 0.1) is 6.92 Å². The van der Waals surface area contributed by atoms with E-state index in [9.17, 15) is 4.79 Å². The third-order valence-corrected chi connectivity index (χ3v) is 4.73. The minimum Gasteiger partial charge on any atom is -0.489 e. The maximum absolute atomic E-state index is 12.2. The highest BCUT2D eigenvalue weighted by atomic mass is 16.5. The standard InChI is InChI=1S/C21H28N4O2/c1-3-4-8-18-15-25(14-17-7-5-6-9-20(17)27-18)11-10-22-21(26)19-13-23-16(2)12-24-19/h5-7,9,12-13,18H,3-4,8,10-11,14-15H2,1-2H3,(H,22,26)/t18-/m1/s1. The topological polar surface area (TPSA) is 67.4 Å². The normalized spacial score (nSPS) is 16.9. The summed E-state index contributed by atoms with van der Waals surface area (Å²) in [5.74, 6) is 0.802. The van der Waals surface area contributed by atoms with E-state index in [2.05, 4.69) is 39.2 Å². The Morgan fingerprint density at radius 3 is 2.93 bits per heavy atom. The molecule has 1 N–H and O–H groups in total. The van der Waals surface area contributed by atoms with Crippen LogP contribution < -0.4 is 10.1 Å². The van der Waals surface area contributed by atoms with Crippen LogP contribution in [-0.4, -0.2) is 46.5 Å². The lowest BCUT2D eigenvalue weighted by Crippen LogP contribution is -2.38. The second-order valence-electron chi connectivity index (χ2n) is 7.02. The minimum absolute atomic E-state index is 0.184. The summed E-state index contributed by atoms with van der Waals surface area (Å²) in [5.41, 5.74) is 2.35. The molecule has 0 radical (unpaired) electrons. The van der Waals surface area contributed by atoms with E-state index >= 15 is 0 Å². The van der Waals surface area contributed by atoms with Gasteiger partial charge in [-0.15, -0.1) is 0 Å². The summed E-state index contributed by atoms with van der Waals surface area (Å²) in [4.78, 5) is 22.8. The molecule has 144 valence electrons. The molecule has 1 atom stereocenters. The Kier molecular flexibility index (Phi) is 6.76. The van der Waals surface area contributed by atoms with E-state index in [0.717, 1.165) is 50.3 Å². The molecule has 0 fully saturated rings. The fraction of sp³-hybridized carbons (Fsp3) is 0.476. The molecule has 0 bridgehead atoms. The quantitative estimate of drug-likeness (QED) is 0.814. The molecule has 27 heavy (non-hydrogen) atoms. The lowest BCUT2D eigenvalue weighted by molar-refractivity contribution is 0.0936. The van der Waals surface area contributed by atoms with E-state index in [1.165, 1.54) is 11.8 Å². The summed E-state index contributed by atoms with van der Waals surface area (Å²) in [6.45, 7) is 7.09. The Balaban J connectivity index is 1.57. The van der Waals surface area contributed by atoms with Gasteiger partial charge in [0, 0.05) is 37.9 Å². The molecule has 0 aliphatic carbocycles. The van der Waals surface area contributed by atoms with Gasteiger partial charge in [-0.3, -0.25) is 14.7 Å². The number of unbranched alkanes of at least 4 members (excludes halogenated alkanes) is 1. The summed E-state index contributed by atoms with van der Waals surface area (Å²) < 4.78 is 6.25. The van der Waals surface area contributed by atoms with Gasteiger partial charge in [0.05, 0.1) is 11.9 Å². The molecule has 0 saturated heterocycles. The molecule has 0 spiro atoms. The van der Waals surface area contributed by atoms with Gasteiger partial charge in [-0.1, -0.05) is 31.5 Å². The number of benzene rings is 1. The van der Waals surface area contributed by atoms with Gasteiger partial charge >= 0.3 is 0 Å². The van der Waals surface area contributed by atoms with Crippen LogP contribution in [0.4, 0.5) is 0 Å². The molecule has 1 amide bonds. The Hall–Kier alpha value is -2.47. The average molecular weight is 368 g/mol. The highest BCUT2D eigenvalue weighted by Gasteiger charge is 2.22. The summed E-state index contributed by atoms with van der Waals surface area (Å²) in [6.07, 6.45) is 6.68. The largest absolute Gasteiger partial charge is 0.489 e. The molecule has 6 heteroatoms. The van der Waals surface area contributed by atoms with Gasteiger partial charge in [-0.05, 0) is 25.8 Å². The maximum Gasteiger partial charge on any atom is 0.271 e. The molecule has 1 aromatic heterocycles. The summed E-state index contributed by atoms with van der Waals surface area (Å²) in [6, 6.07) is 8.24. The molecule has 1 aliphatic heterocycles. The van der Waals surface area contributed by atoms with E-state index in [1.807, 2.05) is 19.1 Å². The fourth-order valence-electron chi connectivity index (χ4n) is 3.24. The number of hydrogen-bond donors (Lipinski definition) is 1. The van der Waals surface area contributed by atoms with Gasteiger partial charge < -0.3 is 10.1 Å². The molecule has 0 saturated carbocycles. The highest BCUT2D eigenvalue weighted by molar-refractivity contribution is 5.91. The van der Waals surface area contributed by atoms with E-state index in [1.54, 1.807) is 6.20 Å². The molecule has 1 aromatic carbocycles. The first-order chi connectivity index (χ1) is 13.2. The number of rotatable bonds is 7. The number of aryl methyl sites for hydroxylation is 1. The number of carbonyl (C=O) groups excluding carboxylic acids is 1. The fourth-order valence-corrected chi connectivity index (χ4v) is 3.24. The molecular weight excluding hydrogens is 340 g/mol. The Bertz CT molecular complexity index is 748. The first-order valence-corrected chi connectivity index (χ1v) is 9.69. The van der Waals surface area contributed by atoms with Crippen molar-refractivity contribution in [1.29, 1.82) is 0 Å². The molecule has 3 rings (SSSR count). The Labute approximate surface area is 161 Å². The second-order valence-corrected chi connectivity index (χ2v) is 7.02. The number of nitrogens with one attached hydrogen (secondary N) is 1. The van der Waals surface area contributed by atoms with Crippen molar-refractivity contribution in [2.24, 2.45) is 0 Å². The van der Waals surface area contributed by atoms with Crippen molar-refractivity contribution >= 4 is 5.91 Å². The van der Waals surface area contributed by atoms with Gasteiger partial charge in [0.25, 0.3) is 5.91 Å². The van der Waals surface area contributed by atoms with Gasteiger partial charge in [0.1, 0.15) is 17.5 Å². The number of nitrogens with zero attached hydrogens (tertiary/aromatic N) is 3. The van der Waals surface area contributed by atoms with Crippen LogP contribution in [0.25, 0.3) is 0 Å². The van der Waals surface area contributed by atoms with Crippen molar-refractivity contribution in [2.45, 2.75) is 45.8 Å². The molecule has 1 aliphatic rings. The number of ether oxygens (including phenoxy) is 1. The third kappa shape index (κ3) is 5.50. The van der Waals surface area contributed by atoms with Crippen molar-refractivity contribution in [2.75, 3.05) is 19.6 Å². The molecule has 0 unspecified atom stereocenters. The smallest absolute Gasteiger partial charge is 0.271 e. The van der Waals surface area contributed by atoms with E-state index in [-0.39, 0.29) is 12.0 Å². The predicted octanol–water partition coefficient (Wildman–Crippen LogP) is 2.97. The molecule has 2 heterocycles. The van der Waals surface area contributed by atoms with E-state index in [4.69, 9.17) is 4.74 Å². The van der Waals surface area contributed by atoms with Crippen LogP contribution in [0.2, 0.25) is 0 Å². The van der Waals surface area contributed by atoms with Gasteiger partial charge in [-0.25, -0.2) is 4.98 Å². The number of fused-ring (bicyclic) bond motifs is 1. The minimum atomic E-state index is -0.184. The highest BCUT2D eigenvalue weighted by Crippen LogP contribution is 2.26. The molecule has 2 aromatic rings. The van der Waals surface area contributed by atoms with Crippen LogP contribution in [-0.2, 0) is 6.54 Å². The van der Waals surface area contributed by atoms with Crippen molar-refractivity contribution < 1.29 is 9.53 Å². The van der Waals surface area contributed by atoms with Crippen molar-refractivity contribution in [3.05, 3.63) is 53.6 Å².